The van der Waals surface area contributed by atoms with Crippen LogP contribution in [-0.4, -0.2) is 20.6 Å². The second kappa shape index (κ2) is 6.58. The van der Waals surface area contributed by atoms with Gasteiger partial charge < -0.3 is 5.11 Å². The molecule has 1 N–H and O–H groups in total. The number of carboxylic acid groups (broad SMARTS) is 1. The molecule has 0 aliphatic rings. The van der Waals surface area contributed by atoms with E-state index in [1.165, 1.54) is 4.57 Å². The van der Waals surface area contributed by atoms with Crippen molar-refractivity contribution in [1.82, 2.24) is 9.55 Å². The van der Waals surface area contributed by atoms with Crippen LogP contribution in [0.3, 0.4) is 0 Å². The van der Waals surface area contributed by atoms with E-state index < -0.39 is 5.97 Å². The molecule has 3 rings (SSSR count). The first kappa shape index (κ1) is 15.2. The topological polar surface area (TPSA) is 72.2 Å². The first-order chi connectivity index (χ1) is 11.1. The summed E-state index contributed by atoms with van der Waals surface area (Å²) in [6, 6.07) is 11.0. The lowest BCUT2D eigenvalue weighted by molar-refractivity contribution is -0.137. The van der Waals surface area contributed by atoms with Crippen molar-refractivity contribution in [2.75, 3.05) is 0 Å². The van der Waals surface area contributed by atoms with E-state index in [4.69, 9.17) is 5.11 Å². The molecule has 0 saturated carbocycles. The highest BCUT2D eigenvalue weighted by molar-refractivity contribution is 7.10. The molecule has 23 heavy (non-hydrogen) atoms. The number of hydrogen-bond acceptors (Lipinski definition) is 4. The Labute approximate surface area is 136 Å². The SMILES string of the molecule is O=C(O)CCn1c(C=Cc2cccs2)nc2ccccc2c1=O. The fourth-order valence-electron chi connectivity index (χ4n) is 2.28. The molecule has 0 spiro atoms. The van der Waals surface area contributed by atoms with Crippen LogP contribution < -0.4 is 5.56 Å². The lowest BCUT2D eigenvalue weighted by Crippen LogP contribution is -2.25. The second-order valence-corrected chi connectivity index (χ2v) is 5.92. The quantitative estimate of drug-likeness (QED) is 0.782. The summed E-state index contributed by atoms with van der Waals surface area (Å²) < 4.78 is 1.42. The third-order valence-corrected chi connectivity index (χ3v) is 4.22. The number of aliphatic carboxylic acids is 1. The van der Waals surface area contributed by atoms with Gasteiger partial charge in [-0.05, 0) is 35.7 Å². The first-order valence-electron chi connectivity index (χ1n) is 7.08. The molecule has 0 aliphatic carbocycles. The highest BCUT2D eigenvalue weighted by atomic mass is 32.1. The van der Waals surface area contributed by atoms with Crippen molar-refractivity contribution >= 4 is 40.4 Å². The fourth-order valence-corrected chi connectivity index (χ4v) is 2.90. The van der Waals surface area contributed by atoms with Crippen LogP contribution in [0, 0.1) is 0 Å². The number of benzene rings is 1. The third-order valence-electron chi connectivity index (χ3n) is 3.38. The summed E-state index contributed by atoms with van der Waals surface area (Å²) >= 11 is 1.58. The number of nitrogens with zero attached hydrogens (tertiary/aromatic N) is 2. The van der Waals surface area contributed by atoms with Crippen molar-refractivity contribution in [3.63, 3.8) is 0 Å². The van der Waals surface area contributed by atoms with Gasteiger partial charge in [-0.15, -0.1) is 11.3 Å². The van der Waals surface area contributed by atoms with Gasteiger partial charge in [0.2, 0.25) is 0 Å². The molecule has 0 atom stereocenters. The van der Waals surface area contributed by atoms with Gasteiger partial charge in [0.1, 0.15) is 5.82 Å². The zero-order valence-corrected chi connectivity index (χ0v) is 13.0. The van der Waals surface area contributed by atoms with Gasteiger partial charge in [0.25, 0.3) is 5.56 Å². The summed E-state index contributed by atoms with van der Waals surface area (Å²) in [5.41, 5.74) is 0.387. The fraction of sp³-hybridized carbons (Fsp3) is 0.118. The third kappa shape index (κ3) is 3.37. The van der Waals surface area contributed by atoms with Crippen LogP contribution in [0.4, 0.5) is 0 Å². The van der Waals surface area contributed by atoms with E-state index in [2.05, 4.69) is 4.98 Å². The van der Waals surface area contributed by atoms with Crippen LogP contribution in [0.1, 0.15) is 17.1 Å². The van der Waals surface area contributed by atoms with Crippen molar-refractivity contribution in [1.29, 1.82) is 0 Å². The molecule has 116 valence electrons. The molecule has 0 unspecified atom stereocenters. The molecule has 0 saturated heterocycles. The second-order valence-electron chi connectivity index (χ2n) is 4.94. The summed E-state index contributed by atoms with van der Waals surface area (Å²) in [4.78, 5) is 29.0. The minimum atomic E-state index is -0.946. The maximum atomic E-state index is 12.6. The smallest absolute Gasteiger partial charge is 0.305 e. The maximum absolute atomic E-state index is 12.6. The number of carbonyl (C=O) groups is 1. The molecule has 0 fully saturated rings. The standard InChI is InChI=1S/C17H14N2O3S/c20-16(21)9-10-19-15(8-7-12-4-3-11-23-12)18-14-6-2-1-5-13(14)17(19)22/h1-8,11H,9-10H2,(H,20,21). The number of fused-ring (bicyclic) bond motifs is 1. The molecule has 0 amide bonds. The van der Waals surface area contributed by atoms with Gasteiger partial charge in [0.05, 0.1) is 17.3 Å². The maximum Gasteiger partial charge on any atom is 0.305 e. The van der Waals surface area contributed by atoms with Crippen molar-refractivity contribution in [3.8, 4) is 0 Å². The van der Waals surface area contributed by atoms with E-state index >= 15 is 0 Å². The molecule has 3 aromatic rings. The van der Waals surface area contributed by atoms with E-state index in [0.29, 0.717) is 16.7 Å². The Morgan fingerprint density at radius 3 is 2.78 bits per heavy atom. The predicted octanol–water partition coefficient (Wildman–Crippen LogP) is 3.10. The van der Waals surface area contributed by atoms with Gasteiger partial charge in [-0.25, -0.2) is 4.98 Å². The normalized spacial score (nSPS) is 11.3. The molecule has 0 radical (unpaired) electrons. The van der Waals surface area contributed by atoms with Crippen LogP contribution in [0.2, 0.25) is 0 Å². The Balaban J connectivity index is 2.11. The minimum absolute atomic E-state index is 0.0934. The molecule has 1 aromatic carbocycles. The Bertz CT molecular complexity index is 927. The van der Waals surface area contributed by atoms with Gasteiger partial charge in [0.15, 0.2) is 0 Å². The lowest BCUT2D eigenvalue weighted by Gasteiger charge is -2.10. The van der Waals surface area contributed by atoms with Crippen LogP contribution in [0.15, 0.2) is 46.6 Å². The Kier molecular flexibility index (Phi) is 4.34. The van der Waals surface area contributed by atoms with Gasteiger partial charge in [-0.3, -0.25) is 14.2 Å². The highest BCUT2D eigenvalue weighted by Gasteiger charge is 2.10. The minimum Gasteiger partial charge on any atom is -0.481 e. The van der Waals surface area contributed by atoms with E-state index in [0.717, 1.165) is 4.88 Å². The molecular formula is C17H14N2O3S. The number of aromatic nitrogens is 2. The summed E-state index contributed by atoms with van der Waals surface area (Å²) in [6.45, 7) is 0.0934. The summed E-state index contributed by atoms with van der Waals surface area (Å²) in [6.07, 6.45) is 3.50. The van der Waals surface area contributed by atoms with E-state index in [-0.39, 0.29) is 18.5 Å². The predicted molar refractivity (Wildman–Crippen MR) is 91.5 cm³/mol. The van der Waals surface area contributed by atoms with Crippen molar-refractivity contribution < 1.29 is 9.90 Å². The summed E-state index contributed by atoms with van der Waals surface area (Å²) in [7, 11) is 0. The highest BCUT2D eigenvalue weighted by Crippen LogP contribution is 2.14. The van der Waals surface area contributed by atoms with Gasteiger partial charge in [-0.2, -0.15) is 0 Å². The van der Waals surface area contributed by atoms with Gasteiger partial charge >= 0.3 is 5.97 Å². The molecule has 0 aliphatic heterocycles. The molecular weight excluding hydrogens is 312 g/mol. The van der Waals surface area contributed by atoms with Crippen LogP contribution >= 0.6 is 11.3 Å². The molecule has 6 heteroatoms. The van der Waals surface area contributed by atoms with E-state index in [1.807, 2.05) is 29.7 Å². The lowest BCUT2D eigenvalue weighted by atomic mass is 10.2. The largest absolute Gasteiger partial charge is 0.481 e. The summed E-state index contributed by atoms with van der Waals surface area (Å²) in [5.74, 6) is -0.485. The van der Waals surface area contributed by atoms with Gasteiger partial charge in [-0.1, -0.05) is 18.2 Å². The van der Waals surface area contributed by atoms with Crippen molar-refractivity contribution in [2.45, 2.75) is 13.0 Å². The first-order valence-corrected chi connectivity index (χ1v) is 7.96. The van der Waals surface area contributed by atoms with Crippen LogP contribution in [-0.2, 0) is 11.3 Å². The molecule has 2 aromatic heterocycles. The number of thiophene rings is 1. The Hall–Kier alpha value is -2.73. The zero-order chi connectivity index (χ0) is 16.2. The van der Waals surface area contributed by atoms with Crippen LogP contribution in [0.25, 0.3) is 23.1 Å². The van der Waals surface area contributed by atoms with Gasteiger partial charge in [0, 0.05) is 11.4 Å². The number of hydrogen-bond donors (Lipinski definition) is 1. The molecule has 2 heterocycles. The Morgan fingerprint density at radius 2 is 2.04 bits per heavy atom. The average molecular weight is 326 g/mol. The van der Waals surface area contributed by atoms with Crippen molar-refractivity contribution in [3.05, 3.63) is 62.8 Å². The zero-order valence-electron chi connectivity index (χ0n) is 12.2. The monoisotopic (exact) mass is 326 g/mol. The molecule has 0 bridgehead atoms. The number of rotatable bonds is 5. The average Bonchev–Trinajstić information content (AvgIpc) is 3.05. The number of para-hydroxylation sites is 1. The number of carboxylic acids is 1. The van der Waals surface area contributed by atoms with E-state index in [9.17, 15) is 9.59 Å². The van der Waals surface area contributed by atoms with E-state index in [1.54, 1.807) is 35.6 Å². The molecule has 5 nitrogen and oxygen atoms in total. The van der Waals surface area contributed by atoms with Crippen molar-refractivity contribution in [2.24, 2.45) is 0 Å². The Morgan fingerprint density at radius 1 is 1.22 bits per heavy atom. The summed E-state index contributed by atoms with van der Waals surface area (Å²) in [5, 5.41) is 11.4. The van der Waals surface area contributed by atoms with Crippen LogP contribution in [0.5, 0.6) is 0 Å².